The van der Waals surface area contributed by atoms with Crippen molar-refractivity contribution in [3.05, 3.63) is 83.6 Å². The van der Waals surface area contributed by atoms with E-state index in [0.29, 0.717) is 22.8 Å². The Morgan fingerprint density at radius 1 is 1.17 bits per heavy atom. The molecule has 7 nitrogen and oxygen atoms in total. The first-order valence-electron chi connectivity index (χ1n) is 8.96. The molecule has 0 unspecified atom stereocenters. The Kier molecular flexibility index (Phi) is 6.59. The lowest BCUT2D eigenvalue weighted by atomic mass is 10.2. The lowest BCUT2D eigenvalue weighted by molar-refractivity contribution is 0.632. The Morgan fingerprint density at radius 3 is 2.70 bits per heavy atom. The van der Waals surface area contributed by atoms with Crippen molar-refractivity contribution in [1.82, 2.24) is 9.97 Å². The van der Waals surface area contributed by atoms with E-state index in [1.54, 1.807) is 7.05 Å². The molecular weight excluding hydrogens is 381 g/mol. The number of nitrogens with one attached hydrogen (secondary N) is 2. The lowest BCUT2D eigenvalue weighted by Crippen LogP contribution is -2.09. The van der Waals surface area contributed by atoms with Gasteiger partial charge in [-0.1, -0.05) is 30.0 Å². The van der Waals surface area contributed by atoms with Gasteiger partial charge >= 0.3 is 0 Å². The Hall–Kier alpha value is -4.38. The van der Waals surface area contributed by atoms with E-state index in [9.17, 15) is 4.39 Å². The average Bonchev–Trinajstić information content (AvgIpc) is 2.76. The van der Waals surface area contributed by atoms with Crippen molar-refractivity contribution < 1.29 is 4.39 Å². The van der Waals surface area contributed by atoms with Crippen LogP contribution in [0.15, 0.2) is 71.6 Å². The number of benzene rings is 2. The minimum atomic E-state index is -0.472. The summed E-state index contributed by atoms with van der Waals surface area (Å²) in [5.74, 6) is 6.14. The molecule has 3 aromatic rings. The fourth-order valence-corrected chi connectivity index (χ4v) is 2.44. The summed E-state index contributed by atoms with van der Waals surface area (Å²) < 4.78 is 14.2. The Bertz CT molecular complexity index is 1150. The number of anilines is 4. The van der Waals surface area contributed by atoms with Crippen molar-refractivity contribution in [3.63, 3.8) is 0 Å². The summed E-state index contributed by atoms with van der Waals surface area (Å²) in [6.07, 6.45) is 4.40. The maximum absolute atomic E-state index is 14.2. The van der Waals surface area contributed by atoms with Crippen LogP contribution in [0.1, 0.15) is 11.1 Å². The van der Waals surface area contributed by atoms with Gasteiger partial charge in [-0.25, -0.2) is 9.37 Å². The molecule has 0 aliphatic rings. The number of nitrogens with two attached hydrogens (primary N) is 2. The first-order valence-corrected chi connectivity index (χ1v) is 8.96. The van der Waals surface area contributed by atoms with Gasteiger partial charge in [0.05, 0.1) is 23.1 Å². The highest BCUT2D eigenvalue weighted by Gasteiger charge is 2.10. The standard InChI is InChI=1S/C22H20FN7/c1-26-14-18(12-24)28-22-27-13-16(8-7-15-5-3-2-4-6-15)21(30-22)29-20-11-17(25)9-10-19(20)23/h2-6,9-14H,24-25H2,1H3,(H2,27,28,29,30)/b18-12+,26-14?. The van der Waals surface area contributed by atoms with E-state index in [1.165, 1.54) is 36.8 Å². The minimum Gasteiger partial charge on any atom is -0.403 e. The number of hydrogen-bond acceptors (Lipinski definition) is 7. The predicted octanol–water partition coefficient (Wildman–Crippen LogP) is 3.25. The monoisotopic (exact) mass is 401 g/mol. The molecule has 3 rings (SSSR count). The molecule has 8 heteroatoms. The van der Waals surface area contributed by atoms with Gasteiger partial charge in [0, 0.05) is 30.7 Å². The smallest absolute Gasteiger partial charge is 0.229 e. The number of aromatic nitrogens is 2. The second-order valence-electron chi connectivity index (χ2n) is 6.07. The van der Waals surface area contributed by atoms with Gasteiger partial charge in [-0.2, -0.15) is 4.98 Å². The quantitative estimate of drug-likeness (QED) is 0.296. The molecule has 0 saturated heterocycles. The van der Waals surface area contributed by atoms with E-state index in [-0.39, 0.29) is 11.6 Å². The Balaban J connectivity index is 2.01. The van der Waals surface area contributed by atoms with Crippen molar-refractivity contribution in [2.75, 3.05) is 23.4 Å². The highest BCUT2D eigenvalue weighted by Crippen LogP contribution is 2.24. The fourth-order valence-electron chi connectivity index (χ4n) is 2.44. The van der Waals surface area contributed by atoms with Gasteiger partial charge in [0.1, 0.15) is 5.82 Å². The number of nitrogen functional groups attached to an aromatic ring is 1. The van der Waals surface area contributed by atoms with Crippen LogP contribution in [0, 0.1) is 17.7 Å². The van der Waals surface area contributed by atoms with E-state index in [0.717, 1.165) is 5.56 Å². The van der Waals surface area contributed by atoms with Crippen LogP contribution in [-0.2, 0) is 0 Å². The van der Waals surface area contributed by atoms with Gasteiger partial charge in [-0.05, 0) is 30.3 Å². The number of aliphatic imine (C=N–C) groups is 1. The SMILES string of the molecule is CN=C/C(=C\N)Nc1ncc(C#Cc2ccccc2)c(Nc2cc(N)ccc2F)n1. The van der Waals surface area contributed by atoms with Crippen LogP contribution in [0.5, 0.6) is 0 Å². The third-order valence-electron chi connectivity index (χ3n) is 3.85. The van der Waals surface area contributed by atoms with Crippen molar-refractivity contribution >= 4 is 29.4 Å². The number of allylic oxidation sites excluding steroid dienone is 1. The first-order chi connectivity index (χ1) is 14.6. The van der Waals surface area contributed by atoms with Crippen molar-refractivity contribution in [3.8, 4) is 11.8 Å². The van der Waals surface area contributed by atoms with Crippen molar-refractivity contribution in [2.24, 2.45) is 10.7 Å². The summed E-state index contributed by atoms with van der Waals surface area (Å²) in [6.45, 7) is 0. The third-order valence-corrected chi connectivity index (χ3v) is 3.85. The van der Waals surface area contributed by atoms with Crippen LogP contribution in [0.3, 0.4) is 0 Å². The van der Waals surface area contributed by atoms with Crippen LogP contribution in [0.2, 0.25) is 0 Å². The number of hydrogen-bond donors (Lipinski definition) is 4. The fraction of sp³-hybridized carbons (Fsp3) is 0.0455. The largest absolute Gasteiger partial charge is 0.403 e. The minimum absolute atomic E-state index is 0.173. The Labute approximate surface area is 173 Å². The maximum atomic E-state index is 14.2. The lowest BCUT2D eigenvalue weighted by Gasteiger charge is -2.11. The van der Waals surface area contributed by atoms with Crippen molar-refractivity contribution in [2.45, 2.75) is 0 Å². The molecule has 30 heavy (non-hydrogen) atoms. The molecular formula is C22H20FN7. The molecule has 0 radical (unpaired) electrons. The van der Waals surface area contributed by atoms with Gasteiger partial charge in [0.2, 0.25) is 5.95 Å². The number of nitrogens with zero attached hydrogens (tertiary/aromatic N) is 3. The molecule has 0 atom stereocenters. The number of halogens is 1. The second kappa shape index (κ2) is 9.71. The molecule has 0 amide bonds. The highest BCUT2D eigenvalue weighted by atomic mass is 19.1. The maximum Gasteiger partial charge on any atom is 0.229 e. The van der Waals surface area contributed by atoms with Crippen LogP contribution < -0.4 is 22.1 Å². The summed E-state index contributed by atoms with van der Waals surface area (Å²) in [7, 11) is 1.61. The zero-order valence-electron chi connectivity index (χ0n) is 16.2. The van der Waals surface area contributed by atoms with Gasteiger partial charge in [-0.15, -0.1) is 0 Å². The van der Waals surface area contributed by atoms with Crippen LogP contribution in [0.25, 0.3) is 0 Å². The van der Waals surface area contributed by atoms with Crippen LogP contribution in [0.4, 0.5) is 27.5 Å². The topological polar surface area (TPSA) is 114 Å². The normalized spacial score (nSPS) is 11.1. The Morgan fingerprint density at radius 2 is 1.97 bits per heavy atom. The van der Waals surface area contributed by atoms with Crippen LogP contribution in [-0.4, -0.2) is 23.2 Å². The predicted molar refractivity (Wildman–Crippen MR) is 119 cm³/mol. The van der Waals surface area contributed by atoms with Gasteiger partial charge < -0.3 is 22.1 Å². The number of rotatable bonds is 5. The molecule has 1 aromatic heterocycles. The highest BCUT2D eigenvalue weighted by molar-refractivity contribution is 5.82. The zero-order chi connectivity index (χ0) is 21.3. The molecule has 6 N–H and O–H groups in total. The van der Waals surface area contributed by atoms with E-state index in [1.807, 2.05) is 30.3 Å². The van der Waals surface area contributed by atoms with E-state index >= 15 is 0 Å². The van der Waals surface area contributed by atoms with E-state index in [4.69, 9.17) is 11.5 Å². The molecule has 0 aliphatic heterocycles. The third kappa shape index (κ3) is 5.33. The zero-order valence-corrected chi connectivity index (χ0v) is 16.2. The molecule has 0 spiro atoms. The molecule has 150 valence electrons. The van der Waals surface area contributed by atoms with E-state index < -0.39 is 5.82 Å². The summed E-state index contributed by atoms with van der Waals surface area (Å²) in [4.78, 5) is 12.6. The average molecular weight is 401 g/mol. The summed E-state index contributed by atoms with van der Waals surface area (Å²) in [5.41, 5.74) is 13.8. The van der Waals surface area contributed by atoms with Gasteiger partial charge in [-0.3, -0.25) is 4.99 Å². The molecule has 0 bridgehead atoms. The molecule has 1 heterocycles. The first kappa shape index (κ1) is 20.4. The van der Waals surface area contributed by atoms with E-state index in [2.05, 4.69) is 37.4 Å². The van der Waals surface area contributed by atoms with Crippen molar-refractivity contribution in [1.29, 1.82) is 0 Å². The summed E-state index contributed by atoms with van der Waals surface area (Å²) >= 11 is 0. The molecule has 0 fully saturated rings. The summed E-state index contributed by atoms with van der Waals surface area (Å²) in [6, 6.07) is 13.7. The summed E-state index contributed by atoms with van der Waals surface area (Å²) in [5, 5.41) is 5.89. The van der Waals surface area contributed by atoms with Gasteiger partial charge in [0.25, 0.3) is 0 Å². The molecule has 2 aromatic carbocycles. The molecule has 0 aliphatic carbocycles. The molecule has 0 saturated carbocycles. The van der Waals surface area contributed by atoms with Crippen LogP contribution >= 0.6 is 0 Å². The van der Waals surface area contributed by atoms with Gasteiger partial charge in [0.15, 0.2) is 5.82 Å². The second-order valence-corrected chi connectivity index (χ2v) is 6.07.